The van der Waals surface area contributed by atoms with E-state index in [0.717, 1.165) is 55.7 Å². The molecular formula is C46H29N3O. The molecule has 0 atom stereocenters. The second-order valence-corrected chi connectivity index (χ2v) is 12.6. The van der Waals surface area contributed by atoms with Gasteiger partial charge in [-0.1, -0.05) is 146 Å². The largest absolute Gasteiger partial charge is 0.451 e. The van der Waals surface area contributed by atoms with Crippen molar-refractivity contribution in [2.24, 2.45) is 0 Å². The third-order valence-electron chi connectivity index (χ3n) is 9.64. The van der Waals surface area contributed by atoms with E-state index in [-0.39, 0.29) is 0 Å². The molecule has 0 fully saturated rings. The van der Waals surface area contributed by atoms with Crippen molar-refractivity contribution in [2.45, 2.75) is 0 Å². The molecule has 0 aliphatic carbocycles. The highest BCUT2D eigenvalue weighted by Crippen LogP contribution is 2.40. The topological polar surface area (TPSA) is 43.9 Å². The quantitative estimate of drug-likeness (QED) is 0.188. The van der Waals surface area contributed by atoms with Crippen LogP contribution < -0.4 is 0 Å². The number of furan rings is 1. The summed E-state index contributed by atoms with van der Waals surface area (Å²) in [4.78, 5) is 10.1. The Morgan fingerprint density at radius 1 is 0.400 bits per heavy atom. The fraction of sp³-hybridized carbons (Fsp3) is 0. The molecule has 0 N–H and O–H groups in total. The van der Waals surface area contributed by atoms with Crippen LogP contribution in [0.5, 0.6) is 0 Å². The molecule has 10 aromatic rings. The third kappa shape index (κ3) is 4.54. The first-order valence-electron chi connectivity index (χ1n) is 16.8. The van der Waals surface area contributed by atoms with Crippen LogP contribution in [0.1, 0.15) is 0 Å². The van der Waals surface area contributed by atoms with Gasteiger partial charge in [-0.25, -0.2) is 9.97 Å². The average Bonchev–Trinajstić information content (AvgIpc) is 3.74. The fourth-order valence-electron chi connectivity index (χ4n) is 7.25. The van der Waals surface area contributed by atoms with Crippen molar-refractivity contribution in [1.29, 1.82) is 0 Å². The molecule has 7 aromatic carbocycles. The van der Waals surface area contributed by atoms with Gasteiger partial charge < -0.3 is 8.98 Å². The summed E-state index contributed by atoms with van der Waals surface area (Å²) in [6.07, 6.45) is 0. The van der Waals surface area contributed by atoms with E-state index < -0.39 is 0 Å². The van der Waals surface area contributed by atoms with Crippen LogP contribution in [0.3, 0.4) is 0 Å². The minimum absolute atomic E-state index is 0.678. The lowest BCUT2D eigenvalue weighted by Gasteiger charge is -2.09. The minimum Gasteiger partial charge on any atom is -0.451 e. The number of nitrogens with zero attached hydrogens (tertiary/aromatic N) is 3. The number of hydrogen-bond acceptors (Lipinski definition) is 3. The molecule has 0 aliphatic heterocycles. The van der Waals surface area contributed by atoms with Gasteiger partial charge in [0.25, 0.3) is 0 Å². The Balaban J connectivity index is 1.10. The van der Waals surface area contributed by atoms with Crippen molar-refractivity contribution in [3.8, 4) is 50.6 Å². The number of hydrogen-bond donors (Lipinski definition) is 0. The van der Waals surface area contributed by atoms with Gasteiger partial charge in [0, 0.05) is 38.5 Å². The monoisotopic (exact) mass is 639 g/mol. The average molecular weight is 640 g/mol. The van der Waals surface area contributed by atoms with Crippen LogP contribution in [0.2, 0.25) is 0 Å². The number of benzene rings is 7. The Kier molecular flexibility index (Phi) is 6.46. The molecule has 10 rings (SSSR count). The van der Waals surface area contributed by atoms with E-state index in [1.54, 1.807) is 0 Å². The van der Waals surface area contributed by atoms with Crippen molar-refractivity contribution in [3.63, 3.8) is 0 Å². The molecule has 3 heterocycles. The van der Waals surface area contributed by atoms with Crippen LogP contribution in [-0.2, 0) is 0 Å². The van der Waals surface area contributed by atoms with Gasteiger partial charge in [0.1, 0.15) is 16.8 Å². The zero-order chi connectivity index (χ0) is 33.0. The maximum absolute atomic E-state index is 6.73. The summed E-state index contributed by atoms with van der Waals surface area (Å²) < 4.78 is 9.10. The smallest absolute Gasteiger partial charge is 0.180 e. The van der Waals surface area contributed by atoms with E-state index in [1.807, 2.05) is 48.5 Å². The summed E-state index contributed by atoms with van der Waals surface area (Å²) in [5.74, 6) is 0.678. The predicted octanol–water partition coefficient (Wildman–Crippen LogP) is 12.1. The van der Waals surface area contributed by atoms with Gasteiger partial charge in [-0.3, -0.25) is 0 Å². The molecule has 0 spiro atoms. The second-order valence-electron chi connectivity index (χ2n) is 12.6. The Labute approximate surface area is 288 Å². The number of aromatic nitrogens is 3. The Morgan fingerprint density at radius 2 is 1.02 bits per heavy atom. The Morgan fingerprint density at radius 3 is 1.80 bits per heavy atom. The van der Waals surface area contributed by atoms with Crippen LogP contribution in [0.25, 0.3) is 94.5 Å². The lowest BCUT2D eigenvalue weighted by atomic mass is 9.98. The van der Waals surface area contributed by atoms with E-state index in [9.17, 15) is 0 Å². The van der Waals surface area contributed by atoms with Crippen LogP contribution in [0, 0.1) is 0 Å². The van der Waals surface area contributed by atoms with Gasteiger partial charge in [-0.05, 0) is 47.0 Å². The number of rotatable bonds is 5. The molecule has 0 saturated heterocycles. The van der Waals surface area contributed by atoms with E-state index in [2.05, 4.69) is 132 Å². The normalized spacial score (nSPS) is 11.6. The van der Waals surface area contributed by atoms with Crippen LogP contribution in [-0.4, -0.2) is 14.5 Å². The van der Waals surface area contributed by atoms with Crippen molar-refractivity contribution >= 4 is 43.9 Å². The molecule has 3 aromatic heterocycles. The lowest BCUT2D eigenvalue weighted by molar-refractivity contribution is 0.668. The molecule has 0 bridgehead atoms. The van der Waals surface area contributed by atoms with Crippen LogP contribution >= 0.6 is 0 Å². The molecule has 0 saturated carbocycles. The van der Waals surface area contributed by atoms with Crippen molar-refractivity contribution < 1.29 is 4.42 Å². The maximum atomic E-state index is 6.73. The second kappa shape index (κ2) is 11.4. The fourth-order valence-corrected chi connectivity index (χ4v) is 7.25. The highest BCUT2D eigenvalue weighted by Gasteiger charge is 2.20. The molecule has 4 nitrogen and oxygen atoms in total. The molecule has 50 heavy (non-hydrogen) atoms. The molecule has 4 heteroatoms. The Hall–Kier alpha value is -6.78. The first kappa shape index (κ1) is 28.3. The number of para-hydroxylation sites is 3. The summed E-state index contributed by atoms with van der Waals surface area (Å²) in [6, 6.07) is 61.5. The molecule has 0 radical (unpaired) electrons. The summed E-state index contributed by atoms with van der Waals surface area (Å²) in [5.41, 5.74) is 13.0. The lowest BCUT2D eigenvalue weighted by Crippen LogP contribution is -1.93. The molecule has 0 unspecified atom stereocenters. The van der Waals surface area contributed by atoms with E-state index in [1.165, 1.54) is 27.4 Å². The third-order valence-corrected chi connectivity index (χ3v) is 9.64. The summed E-state index contributed by atoms with van der Waals surface area (Å²) in [7, 11) is 0. The van der Waals surface area contributed by atoms with Gasteiger partial charge in [-0.15, -0.1) is 0 Å². The van der Waals surface area contributed by atoms with Crippen molar-refractivity contribution in [1.82, 2.24) is 14.5 Å². The minimum atomic E-state index is 0.678. The maximum Gasteiger partial charge on any atom is 0.180 e. The zero-order valence-electron chi connectivity index (χ0n) is 27.0. The molecular weight excluding hydrogens is 611 g/mol. The zero-order valence-corrected chi connectivity index (χ0v) is 27.0. The van der Waals surface area contributed by atoms with Crippen LogP contribution in [0.4, 0.5) is 0 Å². The van der Waals surface area contributed by atoms with E-state index in [0.29, 0.717) is 11.4 Å². The predicted molar refractivity (Wildman–Crippen MR) is 205 cm³/mol. The summed E-state index contributed by atoms with van der Waals surface area (Å²) in [6.45, 7) is 0. The van der Waals surface area contributed by atoms with Crippen molar-refractivity contribution in [3.05, 3.63) is 176 Å². The van der Waals surface area contributed by atoms with Crippen molar-refractivity contribution in [2.75, 3.05) is 0 Å². The molecule has 234 valence electrons. The van der Waals surface area contributed by atoms with Gasteiger partial charge in [0.2, 0.25) is 0 Å². The van der Waals surface area contributed by atoms with Gasteiger partial charge >= 0.3 is 0 Å². The summed E-state index contributed by atoms with van der Waals surface area (Å²) >= 11 is 0. The highest BCUT2D eigenvalue weighted by molar-refractivity contribution is 6.12. The number of fused-ring (bicyclic) bond motifs is 6. The first-order valence-corrected chi connectivity index (χ1v) is 16.8. The van der Waals surface area contributed by atoms with Gasteiger partial charge in [-0.2, -0.15) is 0 Å². The van der Waals surface area contributed by atoms with Gasteiger partial charge in [0.05, 0.1) is 11.0 Å². The van der Waals surface area contributed by atoms with E-state index >= 15 is 0 Å². The molecule has 0 amide bonds. The Bertz CT molecular complexity index is 2840. The SMILES string of the molecule is c1ccc(-c2nc(-c3ccccc3)c3oc4c(-c5ccc(-c6ccc7c8ccccc8n(-c8ccccc8)c7c6)cc5)cccc4c3n2)cc1. The van der Waals surface area contributed by atoms with Crippen LogP contribution in [0.15, 0.2) is 180 Å². The van der Waals surface area contributed by atoms with Gasteiger partial charge in [0.15, 0.2) is 11.4 Å². The highest BCUT2D eigenvalue weighted by atomic mass is 16.3. The first-order chi connectivity index (χ1) is 24.8. The summed E-state index contributed by atoms with van der Waals surface area (Å²) in [5, 5.41) is 3.47. The molecule has 0 aliphatic rings. The standard InChI is InChI=1S/C46H29N3O/c1-4-13-32(14-5-1)42-45-43(48-46(47-42)33-15-6-2-7-16-33)39-21-12-20-36(44(39)50-45)31-25-23-30(24-26-31)34-27-28-38-37-19-10-11-22-40(37)49(41(38)29-34)35-17-8-3-9-18-35/h1-29H. The van der Waals surface area contributed by atoms with E-state index in [4.69, 9.17) is 14.4 Å².